The van der Waals surface area contributed by atoms with Gasteiger partial charge in [-0.1, -0.05) is 56.5 Å². The fourth-order valence-electron chi connectivity index (χ4n) is 1.76. The molecule has 0 bridgehead atoms. The number of primary amides is 1. The smallest absolute Gasteiger partial charge is 0.224 e. The normalized spacial score (nSPS) is 12.3. The van der Waals surface area contributed by atoms with Gasteiger partial charge in [0.2, 0.25) is 5.91 Å². The van der Waals surface area contributed by atoms with E-state index in [0.717, 1.165) is 24.8 Å². The van der Waals surface area contributed by atoms with Gasteiger partial charge in [-0.15, -0.1) is 0 Å². The van der Waals surface area contributed by atoms with E-state index in [1.807, 2.05) is 30.3 Å². The molecule has 1 atom stereocenters. The highest BCUT2D eigenvalue weighted by Crippen LogP contribution is 2.21. The van der Waals surface area contributed by atoms with Gasteiger partial charge in [0.25, 0.3) is 0 Å². The number of carbonyl (C=O) groups excluding carboxylic acids is 1. The van der Waals surface area contributed by atoms with Crippen LogP contribution in [-0.4, -0.2) is 5.91 Å². The Labute approximate surface area is 91.5 Å². The zero-order valence-corrected chi connectivity index (χ0v) is 9.28. The van der Waals surface area contributed by atoms with Crippen LogP contribution < -0.4 is 5.73 Å². The number of nitrogens with two attached hydrogens (primary N) is 1. The van der Waals surface area contributed by atoms with Crippen LogP contribution in [0.25, 0.3) is 0 Å². The lowest BCUT2D eigenvalue weighted by Crippen LogP contribution is -2.21. The van der Waals surface area contributed by atoms with Crippen LogP contribution >= 0.6 is 0 Å². The van der Waals surface area contributed by atoms with Gasteiger partial charge in [-0.05, 0) is 12.0 Å². The first-order valence-corrected chi connectivity index (χ1v) is 5.60. The minimum absolute atomic E-state index is 0.113. The van der Waals surface area contributed by atoms with Crippen molar-refractivity contribution in [1.29, 1.82) is 0 Å². The fourth-order valence-corrected chi connectivity index (χ4v) is 1.76. The standard InChI is InChI=1S/C13H19NO/c1-2-3-5-10-12(13(14)15)11-8-6-4-7-9-11/h4,6-9,12H,2-3,5,10H2,1H3,(H2,14,15)/t12-/m1/s1. The second-order valence-electron chi connectivity index (χ2n) is 3.86. The maximum absolute atomic E-state index is 11.3. The monoisotopic (exact) mass is 205 g/mol. The number of hydrogen-bond donors (Lipinski definition) is 1. The minimum atomic E-state index is -0.211. The quantitative estimate of drug-likeness (QED) is 0.713. The van der Waals surface area contributed by atoms with E-state index in [2.05, 4.69) is 6.92 Å². The highest BCUT2D eigenvalue weighted by molar-refractivity contribution is 5.81. The van der Waals surface area contributed by atoms with Crippen molar-refractivity contribution in [2.45, 2.75) is 38.5 Å². The molecular weight excluding hydrogens is 186 g/mol. The van der Waals surface area contributed by atoms with Crippen molar-refractivity contribution in [3.8, 4) is 0 Å². The van der Waals surface area contributed by atoms with Crippen molar-refractivity contribution in [1.82, 2.24) is 0 Å². The molecule has 1 rings (SSSR count). The van der Waals surface area contributed by atoms with Gasteiger partial charge in [0.05, 0.1) is 5.92 Å². The maximum Gasteiger partial charge on any atom is 0.224 e. The minimum Gasteiger partial charge on any atom is -0.369 e. The Bertz CT molecular complexity index is 295. The molecule has 1 amide bonds. The third-order valence-electron chi connectivity index (χ3n) is 2.64. The van der Waals surface area contributed by atoms with E-state index in [1.54, 1.807) is 0 Å². The second kappa shape index (κ2) is 6.23. The lowest BCUT2D eigenvalue weighted by atomic mass is 9.93. The Morgan fingerprint density at radius 1 is 1.27 bits per heavy atom. The molecule has 82 valence electrons. The van der Waals surface area contributed by atoms with Gasteiger partial charge in [-0.3, -0.25) is 4.79 Å². The van der Waals surface area contributed by atoms with Crippen molar-refractivity contribution < 1.29 is 4.79 Å². The first kappa shape index (κ1) is 11.8. The molecule has 0 aliphatic rings. The van der Waals surface area contributed by atoms with E-state index >= 15 is 0 Å². The third-order valence-corrected chi connectivity index (χ3v) is 2.64. The van der Waals surface area contributed by atoms with Crippen LogP contribution in [0.15, 0.2) is 30.3 Å². The maximum atomic E-state index is 11.3. The van der Waals surface area contributed by atoms with Gasteiger partial charge >= 0.3 is 0 Å². The Balaban J connectivity index is 2.62. The van der Waals surface area contributed by atoms with E-state index in [-0.39, 0.29) is 11.8 Å². The number of unbranched alkanes of at least 4 members (excludes halogenated alkanes) is 2. The molecule has 0 radical (unpaired) electrons. The molecule has 1 aromatic carbocycles. The van der Waals surface area contributed by atoms with Crippen molar-refractivity contribution in [2.75, 3.05) is 0 Å². The van der Waals surface area contributed by atoms with Gasteiger partial charge in [-0.2, -0.15) is 0 Å². The molecule has 0 aliphatic carbocycles. The number of amides is 1. The lowest BCUT2D eigenvalue weighted by Gasteiger charge is -2.13. The Morgan fingerprint density at radius 2 is 1.93 bits per heavy atom. The van der Waals surface area contributed by atoms with E-state index in [9.17, 15) is 4.79 Å². The summed E-state index contributed by atoms with van der Waals surface area (Å²) in [6.45, 7) is 2.15. The molecule has 2 N–H and O–H groups in total. The predicted octanol–water partition coefficient (Wildman–Crippen LogP) is 2.84. The topological polar surface area (TPSA) is 43.1 Å². The summed E-state index contributed by atoms with van der Waals surface area (Å²) in [6, 6.07) is 9.80. The average Bonchev–Trinajstić information content (AvgIpc) is 2.25. The summed E-state index contributed by atoms with van der Waals surface area (Å²) >= 11 is 0. The molecule has 0 saturated carbocycles. The molecule has 2 nitrogen and oxygen atoms in total. The van der Waals surface area contributed by atoms with Crippen LogP contribution in [0, 0.1) is 0 Å². The van der Waals surface area contributed by atoms with Crippen LogP contribution in [0.1, 0.15) is 44.1 Å². The van der Waals surface area contributed by atoms with E-state index in [0.29, 0.717) is 0 Å². The van der Waals surface area contributed by atoms with E-state index < -0.39 is 0 Å². The molecule has 2 heteroatoms. The summed E-state index contributed by atoms with van der Waals surface area (Å²) in [5.74, 6) is -0.324. The largest absolute Gasteiger partial charge is 0.369 e. The average molecular weight is 205 g/mol. The number of rotatable bonds is 6. The lowest BCUT2D eigenvalue weighted by molar-refractivity contribution is -0.119. The van der Waals surface area contributed by atoms with Gasteiger partial charge in [0, 0.05) is 0 Å². The van der Waals surface area contributed by atoms with Gasteiger partial charge in [0.1, 0.15) is 0 Å². The van der Waals surface area contributed by atoms with Crippen molar-refractivity contribution >= 4 is 5.91 Å². The molecule has 1 aromatic rings. The van der Waals surface area contributed by atoms with Crippen LogP contribution in [-0.2, 0) is 4.79 Å². The highest BCUT2D eigenvalue weighted by Gasteiger charge is 2.16. The second-order valence-corrected chi connectivity index (χ2v) is 3.86. The summed E-state index contributed by atoms with van der Waals surface area (Å²) in [5, 5.41) is 0. The number of carbonyl (C=O) groups is 1. The summed E-state index contributed by atoms with van der Waals surface area (Å²) in [6.07, 6.45) is 4.27. The molecule has 0 unspecified atom stereocenters. The first-order chi connectivity index (χ1) is 7.25. The van der Waals surface area contributed by atoms with Crippen molar-refractivity contribution in [2.24, 2.45) is 5.73 Å². The highest BCUT2D eigenvalue weighted by atomic mass is 16.1. The van der Waals surface area contributed by atoms with Crippen LogP contribution in [0.5, 0.6) is 0 Å². The predicted molar refractivity (Wildman–Crippen MR) is 62.5 cm³/mol. The zero-order chi connectivity index (χ0) is 11.1. The number of benzene rings is 1. The molecular formula is C13H19NO. The van der Waals surface area contributed by atoms with E-state index in [4.69, 9.17) is 5.73 Å². The molecule has 0 spiro atoms. The Hall–Kier alpha value is -1.31. The summed E-state index contributed by atoms with van der Waals surface area (Å²) in [7, 11) is 0. The van der Waals surface area contributed by atoms with Crippen LogP contribution in [0.2, 0.25) is 0 Å². The SMILES string of the molecule is CCCCC[C@@H](C(N)=O)c1ccccc1. The molecule has 0 aliphatic heterocycles. The summed E-state index contributed by atoms with van der Waals surface area (Å²) in [5.41, 5.74) is 6.45. The summed E-state index contributed by atoms with van der Waals surface area (Å²) in [4.78, 5) is 11.3. The van der Waals surface area contributed by atoms with Crippen molar-refractivity contribution in [3.63, 3.8) is 0 Å². The third kappa shape index (κ3) is 3.74. The molecule has 0 saturated heterocycles. The molecule has 0 fully saturated rings. The fraction of sp³-hybridized carbons (Fsp3) is 0.462. The van der Waals surface area contributed by atoms with Gasteiger partial charge in [-0.25, -0.2) is 0 Å². The summed E-state index contributed by atoms with van der Waals surface area (Å²) < 4.78 is 0. The Kier molecular flexibility index (Phi) is 4.88. The Morgan fingerprint density at radius 3 is 2.47 bits per heavy atom. The first-order valence-electron chi connectivity index (χ1n) is 5.60. The molecule has 0 aromatic heterocycles. The van der Waals surface area contributed by atoms with Gasteiger partial charge < -0.3 is 5.73 Å². The van der Waals surface area contributed by atoms with Crippen molar-refractivity contribution in [3.05, 3.63) is 35.9 Å². The van der Waals surface area contributed by atoms with Gasteiger partial charge in [0.15, 0.2) is 0 Å². The zero-order valence-electron chi connectivity index (χ0n) is 9.28. The van der Waals surface area contributed by atoms with Crippen LogP contribution in [0.3, 0.4) is 0 Å². The van der Waals surface area contributed by atoms with Crippen LogP contribution in [0.4, 0.5) is 0 Å². The number of hydrogen-bond acceptors (Lipinski definition) is 1. The van der Waals surface area contributed by atoms with E-state index in [1.165, 1.54) is 6.42 Å². The molecule has 15 heavy (non-hydrogen) atoms. The molecule has 0 heterocycles.